The van der Waals surface area contributed by atoms with Crippen molar-refractivity contribution in [1.29, 1.82) is 0 Å². The van der Waals surface area contributed by atoms with Crippen molar-refractivity contribution in [2.75, 3.05) is 10.8 Å². The number of carbonyl (C=O) groups is 1. The highest BCUT2D eigenvalue weighted by molar-refractivity contribution is 7.92. The molecule has 1 amide bonds. The summed E-state index contributed by atoms with van der Waals surface area (Å²) in [6.07, 6.45) is 4.58. The van der Waals surface area contributed by atoms with Crippen molar-refractivity contribution < 1.29 is 13.2 Å². The molecule has 2 aliphatic carbocycles. The highest BCUT2D eigenvalue weighted by Crippen LogP contribution is 2.44. The predicted molar refractivity (Wildman–Crippen MR) is 115 cm³/mol. The van der Waals surface area contributed by atoms with Crippen molar-refractivity contribution in [3.05, 3.63) is 59.1 Å². The number of hydrogen-bond donors (Lipinski definition) is 1. The number of halogens is 1. The van der Waals surface area contributed by atoms with E-state index in [4.69, 9.17) is 11.6 Å². The number of benzene rings is 2. The Kier molecular flexibility index (Phi) is 5.58. The molecule has 0 aromatic heterocycles. The van der Waals surface area contributed by atoms with Gasteiger partial charge < -0.3 is 5.32 Å². The van der Waals surface area contributed by atoms with Crippen LogP contribution < -0.4 is 9.62 Å². The van der Waals surface area contributed by atoms with Gasteiger partial charge in [-0.25, -0.2) is 8.42 Å². The van der Waals surface area contributed by atoms with Gasteiger partial charge in [0.15, 0.2) is 0 Å². The number of nitrogens with zero attached hydrogens (tertiary/aromatic N) is 1. The lowest BCUT2D eigenvalue weighted by Crippen LogP contribution is -2.46. The molecule has 2 aliphatic rings. The number of rotatable bonds is 6. The van der Waals surface area contributed by atoms with Gasteiger partial charge in [-0.15, -0.1) is 0 Å². The minimum absolute atomic E-state index is 0.107. The van der Waals surface area contributed by atoms with Gasteiger partial charge in [-0.1, -0.05) is 35.7 Å². The van der Waals surface area contributed by atoms with Crippen LogP contribution in [0.25, 0.3) is 0 Å². The third-order valence-corrected chi connectivity index (χ3v) is 8.14. The fraction of sp³-hybridized carbons (Fsp3) is 0.409. The molecule has 7 heteroatoms. The molecule has 0 aliphatic heterocycles. The van der Waals surface area contributed by atoms with Gasteiger partial charge in [0.05, 0.1) is 10.6 Å². The van der Waals surface area contributed by atoms with Crippen LogP contribution in [0.2, 0.25) is 5.02 Å². The number of amides is 1. The van der Waals surface area contributed by atoms with Crippen LogP contribution in [-0.4, -0.2) is 26.9 Å². The Balaban J connectivity index is 1.59. The Morgan fingerprint density at radius 1 is 1.07 bits per heavy atom. The van der Waals surface area contributed by atoms with E-state index in [9.17, 15) is 13.2 Å². The van der Waals surface area contributed by atoms with Gasteiger partial charge in [0.2, 0.25) is 5.91 Å². The molecular formula is C22H25ClN2O3S. The van der Waals surface area contributed by atoms with Gasteiger partial charge in [-0.2, -0.15) is 0 Å². The van der Waals surface area contributed by atoms with E-state index in [1.165, 1.54) is 41.4 Å². The minimum Gasteiger partial charge on any atom is -0.352 e. The van der Waals surface area contributed by atoms with Gasteiger partial charge >= 0.3 is 0 Å². The Hall–Kier alpha value is -2.05. The van der Waals surface area contributed by atoms with Crippen LogP contribution in [0.4, 0.5) is 5.69 Å². The highest BCUT2D eigenvalue weighted by Gasteiger charge is 2.40. The van der Waals surface area contributed by atoms with Crippen LogP contribution in [0.5, 0.6) is 0 Å². The van der Waals surface area contributed by atoms with Crippen LogP contribution in [0.3, 0.4) is 0 Å². The Morgan fingerprint density at radius 2 is 1.76 bits per heavy atom. The lowest BCUT2D eigenvalue weighted by molar-refractivity contribution is -0.120. The van der Waals surface area contributed by atoms with Crippen LogP contribution >= 0.6 is 11.6 Å². The standard InChI is InChI=1S/C22H25ClN2O3S/c1-15-2-8-19(9-3-15)25(29(27,28)20-10-6-18(23)7-11-20)14-22(26)24-21-13-16-4-5-17(21)12-16/h2-3,6-11,16-17,21H,4-5,12-14H2,1H3,(H,24,26)/t16-,17-,21-/m1/s1. The highest BCUT2D eigenvalue weighted by atomic mass is 35.5. The minimum atomic E-state index is -3.91. The lowest BCUT2D eigenvalue weighted by Gasteiger charge is -2.27. The maximum atomic E-state index is 13.3. The molecule has 2 aromatic rings. The fourth-order valence-corrected chi connectivity index (χ4v) is 6.11. The first kappa shape index (κ1) is 20.2. The molecule has 0 saturated heterocycles. The lowest BCUT2D eigenvalue weighted by atomic mass is 9.95. The van der Waals surface area contributed by atoms with E-state index in [1.807, 2.05) is 19.1 Å². The Labute approximate surface area is 177 Å². The van der Waals surface area contributed by atoms with Gasteiger partial charge in [-0.3, -0.25) is 9.10 Å². The van der Waals surface area contributed by atoms with Crippen molar-refractivity contribution in [1.82, 2.24) is 5.32 Å². The SMILES string of the molecule is Cc1ccc(N(CC(=O)N[C@@H]2C[C@@H]3CC[C@@H]2C3)S(=O)(=O)c2ccc(Cl)cc2)cc1. The molecule has 0 unspecified atom stereocenters. The Morgan fingerprint density at radius 3 is 2.34 bits per heavy atom. The Bertz CT molecular complexity index is 990. The molecule has 4 rings (SSSR count). The summed E-state index contributed by atoms with van der Waals surface area (Å²) in [5, 5.41) is 3.55. The normalized spacial score (nSPS) is 23.2. The van der Waals surface area contributed by atoms with Gasteiger partial charge in [0.1, 0.15) is 6.54 Å². The van der Waals surface area contributed by atoms with E-state index in [1.54, 1.807) is 12.1 Å². The maximum absolute atomic E-state index is 13.3. The van der Waals surface area contributed by atoms with E-state index in [0.29, 0.717) is 22.5 Å². The van der Waals surface area contributed by atoms with E-state index < -0.39 is 10.0 Å². The molecule has 0 spiro atoms. The summed E-state index contributed by atoms with van der Waals surface area (Å²) in [5.74, 6) is 0.974. The third-order valence-electron chi connectivity index (χ3n) is 6.10. The average molecular weight is 433 g/mol. The second kappa shape index (κ2) is 8.00. The molecule has 1 N–H and O–H groups in total. The summed E-state index contributed by atoms with van der Waals surface area (Å²) in [4.78, 5) is 12.9. The largest absolute Gasteiger partial charge is 0.352 e. The van der Waals surface area contributed by atoms with Gasteiger partial charge in [0, 0.05) is 11.1 Å². The fourth-order valence-electron chi connectivity index (χ4n) is 4.56. The number of nitrogens with one attached hydrogen (secondary N) is 1. The first-order chi connectivity index (χ1) is 13.8. The predicted octanol–water partition coefficient (Wildman–Crippen LogP) is 4.15. The second-order valence-corrected chi connectivity index (χ2v) is 10.4. The van der Waals surface area contributed by atoms with Gasteiger partial charge in [-0.05, 0) is 74.4 Å². The number of carbonyl (C=O) groups excluding carboxylic acids is 1. The molecule has 5 nitrogen and oxygen atoms in total. The van der Waals surface area contributed by atoms with E-state index in [0.717, 1.165) is 18.4 Å². The van der Waals surface area contributed by atoms with E-state index >= 15 is 0 Å². The topological polar surface area (TPSA) is 66.5 Å². The molecule has 29 heavy (non-hydrogen) atoms. The maximum Gasteiger partial charge on any atom is 0.264 e. The molecule has 154 valence electrons. The zero-order valence-electron chi connectivity index (χ0n) is 16.3. The number of sulfonamides is 1. The monoisotopic (exact) mass is 432 g/mol. The van der Waals surface area contributed by atoms with E-state index in [-0.39, 0.29) is 23.4 Å². The zero-order valence-corrected chi connectivity index (χ0v) is 17.9. The van der Waals surface area contributed by atoms with Crippen molar-refractivity contribution in [2.24, 2.45) is 11.8 Å². The molecule has 3 atom stereocenters. The molecule has 0 radical (unpaired) electrons. The summed E-state index contributed by atoms with van der Waals surface area (Å²) in [5.41, 5.74) is 1.48. The smallest absolute Gasteiger partial charge is 0.264 e. The van der Waals surface area contributed by atoms with Crippen molar-refractivity contribution >= 4 is 33.2 Å². The summed E-state index contributed by atoms with van der Waals surface area (Å²) >= 11 is 5.91. The van der Waals surface area contributed by atoms with Crippen molar-refractivity contribution in [3.63, 3.8) is 0 Å². The summed E-state index contributed by atoms with van der Waals surface area (Å²) in [6.45, 7) is 1.69. The van der Waals surface area contributed by atoms with E-state index in [2.05, 4.69) is 5.32 Å². The third kappa shape index (κ3) is 4.28. The molecular weight excluding hydrogens is 408 g/mol. The van der Waals surface area contributed by atoms with Gasteiger partial charge in [0.25, 0.3) is 10.0 Å². The second-order valence-electron chi connectivity index (χ2n) is 8.15. The number of aryl methyl sites for hydroxylation is 1. The van der Waals surface area contributed by atoms with Crippen LogP contribution in [0.1, 0.15) is 31.2 Å². The number of fused-ring (bicyclic) bond motifs is 2. The number of hydrogen-bond acceptors (Lipinski definition) is 3. The van der Waals surface area contributed by atoms with Crippen LogP contribution in [0.15, 0.2) is 53.4 Å². The van der Waals surface area contributed by atoms with Crippen LogP contribution in [-0.2, 0) is 14.8 Å². The van der Waals surface area contributed by atoms with Crippen molar-refractivity contribution in [2.45, 2.75) is 43.5 Å². The van der Waals surface area contributed by atoms with Crippen molar-refractivity contribution in [3.8, 4) is 0 Å². The molecule has 2 bridgehead atoms. The quantitative estimate of drug-likeness (QED) is 0.745. The molecule has 0 heterocycles. The molecule has 2 fully saturated rings. The first-order valence-electron chi connectivity index (χ1n) is 9.97. The number of anilines is 1. The average Bonchev–Trinajstić information content (AvgIpc) is 3.30. The summed E-state index contributed by atoms with van der Waals surface area (Å²) < 4.78 is 27.8. The summed E-state index contributed by atoms with van der Waals surface area (Å²) in [7, 11) is -3.91. The molecule has 2 saturated carbocycles. The molecule has 2 aromatic carbocycles. The zero-order chi connectivity index (χ0) is 20.6. The summed E-state index contributed by atoms with van der Waals surface area (Å²) in [6, 6.07) is 13.3. The van der Waals surface area contributed by atoms with Crippen LogP contribution in [0, 0.1) is 18.8 Å². The first-order valence-corrected chi connectivity index (χ1v) is 11.8.